The standard InChI is InChI=1S/C32H30N4O4S/c1-5-35(6-2)31(38)27-20(3)34-32-36(29(27)28-23-13-9-7-11-21(23)15-16-25(28)39-4)30(37)26(41-32)19-22-12-8-10-14-24(22)40-18-17-33/h7-16,19,29H,5-6,18H2,1-4H3/b26-19+/t29-/m1/s1. The molecule has 0 fully saturated rings. The van der Waals surface area contributed by atoms with Crippen molar-refractivity contribution in [3.05, 3.63) is 103 Å². The molecule has 0 saturated heterocycles. The van der Waals surface area contributed by atoms with Crippen LogP contribution in [0.25, 0.3) is 16.8 Å². The van der Waals surface area contributed by atoms with Crippen molar-refractivity contribution in [2.24, 2.45) is 4.99 Å². The summed E-state index contributed by atoms with van der Waals surface area (Å²) >= 11 is 1.25. The highest BCUT2D eigenvalue weighted by Crippen LogP contribution is 2.40. The molecule has 8 nitrogen and oxygen atoms in total. The van der Waals surface area contributed by atoms with E-state index >= 15 is 0 Å². The first-order valence-corrected chi connectivity index (χ1v) is 14.2. The summed E-state index contributed by atoms with van der Waals surface area (Å²) in [5.74, 6) is 0.916. The zero-order valence-corrected chi connectivity index (χ0v) is 24.2. The Morgan fingerprint density at radius 2 is 1.83 bits per heavy atom. The van der Waals surface area contributed by atoms with Gasteiger partial charge in [-0.25, -0.2) is 4.99 Å². The minimum absolute atomic E-state index is 0.108. The van der Waals surface area contributed by atoms with Crippen LogP contribution in [-0.4, -0.2) is 42.2 Å². The van der Waals surface area contributed by atoms with Crippen LogP contribution in [0.1, 0.15) is 37.9 Å². The Bertz CT molecular complexity index is 1890. The van der Waals surface area contributed by atoms with Crippen LogP contribution in [0.4, 0.5) is 0 Å². The third-order valence-electron chi connectivity index (χ3n) is 7.22. The summed E-state index contributed by atoms with van der Waals surface area (Å²) in [5.41, 5.74) is 2.14. The highest BCUT2D eigenvalue weighted by atomic mass is 32.1. The van der Waals surface area contributed by atoms with Gasteiger partial charge in [0.1, 0.15) is 23.6 Å². The number of carbonyl (C=O) groups is 1. The SMILES string of the molecule is CCN(CC)C(=O)C1=C(C)N=c2s/c(=C/c3ccccc3OCC#N)c(=O)n2[C@H]1c1c(OC)ccc2ccccc12. The zero-order chi connectivity index (χ0) is 29.1. The summed E-state index contributed by atoms with van der Waals surface area (Å²) in [7, 11) is 1.60. The number of likely N-dealkylation sites (N-methyl/N-ethyl adjacent to an activating group) is 1. The molecule has 41 heavy (non-hydrogen) atoms. The Balaban J connectivity index is 1.83. The summed E-state index contributed by atoms with van der Waals surface area (Å²) in [6, 6.07) is 20.2. The minimum atomic E-state index is -0.757. The number of thiazole rings is 1. The molecule has 0 unspecified atom stereocenters. The average Bonchev–Trinajstić information content (AvgIpc) is 3.29. The Morgan fingerprint density at radius 1 is 1.10 bits per heavy atom. The van der Waals surface area contributed by atoms with Crippen LogP contribution in [0, 0.1) is 11.3 Å². The van der Waals surface area contributed by atoms with Gasteiger partial charge in [0.05, 0.1) is 22.9 Å². The summed E-state index contributed by atoms with van der Waals surface area (Å²) in [4.78, 5) is 35.3. The number of hydrogen-bond donors (Lipinski definition) is 0. The van der Waals surface area contributed by atoms with Crippen LogP contribution >= 0.6 is 11.3 Å². The van der Waals surface area contributed by atoms with Crippen molar-refractivity contribution in [2.45, 2.75) is 26.8 Å². The van der Waals surface area contributed by atoms with E-state index in [2.05, 4.69) is 0 Å². The molecular weight excluding hydrogens is 536 g/mol. The molecule has 4 aromatic rings. The second-order valence-corrected chi connectivity index (χ2v) is 10.5. The maximum atomic E-state index is 14.2. The molecule has 3 aromatic carbocycles. The summed E-state index contributed by atoms with van der Waals surface area (Å²) in [6.07, 6.45) is 1.75. The van der Waals surface area contributed by atoms with E-state index in [1.54, 1.807) is 28.7 Å². The number of allylic oxidation sites excluding steroid dienone is 1. The lowest BCUT2D eigenvalue weighted by Gasteiger charge is -2.30. The van der Waals surface area contributed by atoms with Gasteiger partial charge in [0, 0.05) is 24.2 Å². The van der Waals surface area contributed by atoms with E-state index in [-0.39, 0.29) is 18.1 Å². The fraction of sp³-hybridized carbons (Fsp3) is 0.250. The van der Waals surface area contributed by atoms with Gasteiger partial charge in [-0.2, -0.15) is 5.26 Å². The highest BCUT2D eigenvalue weighted by molar-refractivity contribution is 7.07. The maximum Gasteiger partial charge on any atom is 0.271 e. The number of ether oxygens (including phenoxy) is 2. The number of methoxy groups -OCH3 is 1. The summed E-state index contributed by atoms with van der Waals surface area (Å²) in [6.45, 7) is 6.63. The van der Waals surface area contributed by atoms with Gasteiger partial charge in [0.15, 0.2) is 11.4 Å². The van der Waals surface area contributed by atoms with Crippen LogP contribution in [0.5, 0.6) is 11.5 Å². The third-order valence-corrected chi connectivity index (χ3v) is 8.21. The summed E-state index contributed by atoms with van der Waals surface area (Å²) in [5, 5.41) is 10.9. The van der Waals surface area contributed by atoms with E-state index in [1.807, 2.05) is 81.4 Å². The molecule has 5 rings (SSSR count). The van der Waals surface area contributed by atoms with Gasteiger partial charge in [-0.3, -0.25) is 14.2 Å². The van der Waals surface area contributed by atoms with E-state index in [9.17, 15) is 9.59 Å². The Kier molecular flexibility index (Phi) is 8.04. The van der Waals surface area contributed by atoms with Crippen molar-refractivity contribution < 1.29 is 14.3 Å². The van der Waals surface area contributed by atoms with Crippen molar-refractivity contribution in [3.63, 3.8) is 0 Å². The molecule has 0 N–H and O–H groups in total. The maximum absolute atomic E-state index is 14.2. The molecule has 1 amide bonds. The van der Waals surface area contributed by atoms with E-state index in [0.717, 1.165) is 16.3 Å². The quantitative estimate of drug-likeness (QED) is 0.319. The van der Waals surface area contributed by atoms with E-state index in [0.29, 0.717) is 50.8 Å². The number of carbonyl (C=O) groups excluding carboxylic acids is 1. The van der Waals surface area contributed by atoms with E-state index in [1.165, 1.54) is 11.3 Å². The topological polar surface area (TPSA) is 96.9 Å². The molecule has 0 radical (unpaired) electrons. The van der Waals surface area contributed by atoms with Crippen molar-refractivity contribution in [2.75, 3.05) is 26.8 Å². The van der Waals surface area contributed by atoms with Gasteiger partial charge in [-0.1, -0.05) is 59.9 Å². The monoisotopic (exact) mass is 566 g/mol. The van der Waals surface area contributed by atoms with E-state index < -0.39 is 6.04 Å². The van der Waals surface area contributed by atoms with Crippen molar-refractivity contribution in [1.29, 1.82) is 5.26 Å². The van der Waals surface area contributed by atoms with Gasteiger partial charge >= 0.3 is 0 Å². The van der Waals surface area contributed by atoms with Gasteiger partial charge in [-0.15, -0.1) is 0 Å². The van der Waals surface area contributed by atoms with Crippen LogP contribution < -0.4 is 24.4 Å². The zero-order valence-electron chi connectivity index (χ0n) is 23.4. The molecule has 1 aromatic heterocycles. The molecule has 1 aliphatic heterocycles. The summed E-state index contributed by atoms with van der Waals surface area (Å²) < 4.78 is 13.5. The average molecular weight is 567 g/mol. The highest BCUT2D eigenvalue weighted by Gasteiger charge is 2.36. The Labute approximate surface area is 241 Å². The molecule has 1 aliphatic rings. The number of benzene rings is 3. The predicted octanol–water partition coefficient (Wildman–Crippen LogP) is 4.17. The van der Waals surface area contributed by atoms with Gasteiger partial charge in [-0.05, 0) is 49.8 Å². The number of amides is 1. The minimum Gasteiger partial charge on any atom is -0.496 e. The van der Waals surface area contributed by atoms with Gasteiger partial charge in [0.2, 0.25) is 0 Å². The number of nitrogens with zero attached hydrogens (tertiary/aromatic N) is 4. The van der Waals surface area contributed by atoms with Crippen LogP contribution in [0.2, 0.25) is 0 Å². The normalized spacial score (nSPS) is 14.8. The van der Waals surface area contributed by atoms with Crippen LogP contribution in [-0.2, 0) is 4.79 Å². The fourth-order valence-electron chi connectivity index (χ4n) is 5.27. The van der Waals surface area contributed by atoms with Crippen LogP contribution in [0.3, 0.4) is 0 Å². The first kappa shape index (κ1) is 27.9. The second kappa shape index (κ2) is 11.8. The molecule has 1 atom stereocenters. The first-order chi connectivity index (χ1) is 19.9. The lowest BCUT2D eigenvalue weighted by atomic mass is 9.90. The van der Waals surface area contributed by atoms with Crippen molar-refractivity contribution >= 4 is 34.1 Å². The molecule has 0 spiro atoms. The first-order valence-electron chi connectivity index (χ1n) is 13.4. The Hall–Kier alpha value is -4.68. The number of para-hydroxylation sites is 1. The van der Waals surface area contributed by atoms with Crippen molar-refractivity contribution in [3.8, 4) is 17.6 Å². The van der Waals surface area contributed by atoms with Crippen LogP contribution in [0.15, 0.2) is 81.7 Å². The number of nitriles is 1. The third kappa shape index (κ3) is 5.03. The fourth-order valence-corrected chi connectivity index (χ4v) is 6.30. The number of rotatable bonds is 8. The molecule has 2 heterocycles. The second-order valence-electron chi connectivity index (χ2n) is 9.45. The molecule has 9 heteroatoms. The molecule has 208 valence electrons. The number of hydrogen-bond acceptors (Lipinski definition) is 7. The number of aromatic nitrogens is 1. The molecule has 0 aliphatic carbocycles. The molecular formula is C32H30N4O4S. The predicted molar refractivity (Wildman–Crippen MR) is 160 cm³/mol. The lowest BCUT2D eigenvalue weighted by molar-refractivity contribution is -0.127. The smallest absolute Gasteiger partial charge is 0.271 e. The van der Waals surface area contributed by atoms with Crippen molar-refractivity contribution in [1.82, 2.24) is 9.47 Å². The van der Waals surface area contributed by atoms with Gasteiger partial charge in [0.25, 0.3) is 11.5 Å². The number of fused-ring (bicyclic) bond motifs is 2. The molecule has 0 saturated carbocycles. The molecule has 0 bridgehead atoms. The van der Waals surface area contributed by atoms with E-state index in [4.69, 9.17) is 19.7 Å². The lowest BCUT2D eigenvalue weighted by Crippen LogP contribution is -2.43. The largest absolute Gasteiger partial charge is 0.496 e. The Morgan fingerprint density at radius 3 is 2.56 bits per heavy atom. The van der Waals surface area contributed by atoms with Gasteiger partial charge < -0.3 is 14.4 Å².